The number of β-amino-alcohol motifs (C(OH)–C–C–N with tert-alkyl or cyclic N) is 1. The van der Waals surface area contributed by atoms with E-state index in [1.807, 2.05) is 35.5 Å². The van der Waals surface area contributed by atoms with E-state index >= 15 is 0 Å². The summed E-state index contributed by atoms with van der Waals surface area (Å²) in [4.78, 5) is 1.99. The Morgan fingerprint density at radius 1 is 1.14 bits per heavy atom. The first-order chi connectivity index (χ1) is 6.90. The lowest BCUT2D eigenvalue weighted by atomic mass is 10.2. The third kappa shape index (κ3) is 1.86. The van der Waals surface area contributed by atoms with Crippen LogP contribution in [-0.2, 0) is 0 Å². The lowest BCUT2D eigenvalue weighted by molar-refractivity contribution is 0.270. The van der Waals surface area contributed by atoms with Gasteiger partial charge in [-0.1, -0.05) is 30.3 Å². The molecular weight excluding hydrogens is 174 g/mol. The molecule has 72 valence electrons. The second kappa shape index (κ2) is 4.11. The Morgan fingerprint density at radius 3 is 2.71 bits per heavy atom. The topological polar surface area (TPSA) is 23.5 Å². The van der Waals surface area contributed by atoms with Gasteiger partial charge in [0.2, 0.25) is 0 Å². The zero-order chi connectivity index (χ0) is 9.80. The van der Waals surface area contributed by atoms with Gasteiger partial charge in [0.25, 0.3) is 0 Å². The summed E-state index contributed by atoms with van der Waals surface area (Å²) in [5.41, 5.74) is 0. The van der Waals surface area contributed by atoms with Gasteiger partial charge >= 0.3 is 0 Å². The fourth-order valence-electron chi connectivity index (χ4n) is 1.51. The van der Waals surface area contributed by atoms with Crippen LogP contribution in [-0.4, -0.2) is 23.2 Å². The van der Waals surface area contributed by atoms with Crippen molar-refractivity contribution in [1.82, 2.24) is 4.90 Å². The molecule has 2 rings (SSSR count). The van der Waals surface area contributed by atoms with E-state index in [0.717, 1.165) is 0 Å². The van der Waals surface area contributed by atoms with Crippen LogP contribution < -0.4 is 10.4 Å². The minimum absolute atomic E-state index is 0.170. The van der Waals surface area contributed by atoms with E-state index in [2.05, 4.69) is 18.2 Å². The number of aliphatic hydroxyl groups excluding tert-OH is 1. The van der Waals surface area contributed by atoms with Crippen LogP contribution in [0.15, 0.2) is 36.5 Å². The average molecular weight is 187 g/mol. The van der Waals surface area contributed by atoms with Crippen LogP contribution in [0.5, 0.6) is 0 Å². The number of hydrogen-bond donors (Lipinski definition) is 1. The first-order valence-electron chi connectivity index (χ1n) is 4.72. The SMILES string of the molecule is OCCN1C=CC=c2ccccc2=C1. The number of hydrogen-bond acceptors (Lipinski definition) is 2. The lowest BCUT2D eigenvalue weighted by Gasteiger charge is -2.11. The van der Waals surface area contributed by atoms with Crippen molar-refractivity contribution in [3.63, 3.8) is 0 Å². The van der Waals surface area contributed by atoms with Crippen molar-refractivity contribution < 1.29 is 5.11 Å². The van der Waals surface area contributed by atoms with E-state index in [1.54, 1.807) is 0 Å². The fourth-order valence-corrected chi connectivity index (χ4v) is 1.51. The molecule has 1 heterocycles. The standard InChI is InChI=1S/C12H13NO/c14-9-8-13-7-3-6-11-4-1-2-5-12(11)10-13/h1-7,10,14H,8-9H2. The van der Waals surface area contributed by atoms with Crippen molar-refractivity contribution in [2.45, 2.75) is 0 Å². The Labute approximate surface area is 83.1 Å². The van der Waals surface area contributed by atoms with Crippen molar-refractivity contribution >= 4 is 12.3 Å². The number of nitrogens with zero attached hydrogens (tertiary/aromatic N) is 1. The molecule has 0 fully saturated rings. The van der Waals surface area contributed by atoms with Gasteiger partial charge in [-0.15, -0.1) is 0 Å². The van der Waals surface area contributed by atoms with Crippen molar-refractivity contribution in [3.8, 4) is 0 Å². The fraction of sp³-hybridized carbons (Fsp3) is 0.167. The molecule has 2 nitrogen and oxygen atoms in total. The molecule has 0 aromatic heterocycles. The maximum absolute atomic E-state index is 8.85. The van der Waals surface area contributed by atoms with Gasteiger partial charge in [-0.05, 0) is 16.5 Å². The van der Waals surface area contributed by atoms with Crippen LogP contribution in [0.2, 0.25) is 0 Å². The molecule has 0 aliphatic carbocycles. The summed E-state index contributed by atoms with van der Waals surface area (Å²) in [6.07, 6.45) is 8.09. The Morgan fingerprint density at radius 2 is 1.93 bits per heavy atom. The van der Waals surface area contributed by atoms with Crippen LogP contribution in [0.4, 0.5) is 0 Å². The van der Waals surface area contributed by atoms with Crippen molar-refractivity contribution in [2.75, 3.05) is 13.2 Å². The summed E-state index contributed by atoms with van der Waals surface area (Å²) in [6.45, 7) is 0.807. The molecule has 0 unspecified atom stereocenters. The van der Waals surface area contributed by atoms with Gasteiger partial charge in [-0.3, -0.25) is 0 Å². The summed E-state index contributed by atoms with van der Waals surface area (Å²) >= 11 is 0. The maximum Gasteiger partial charge on any atom is 0.0610 e. The molecule has 0 bridgehead atoms. The predicted molar refractivity (Wildman–Crippen MR) is 57.6 cm³/mol. The predicted octanol–water partition coefficient (Wildman–Crippen LogP) is 0.0267. The molecule has 1 aromatic carbocycles. The highest BCUT2D eigenvalue weighted by Crippen LogP contribution is 1.93. The first-order valence-corrected chi connectivity index (χ1v) is 4.72. The van der Waals surface area contributed by atoms with Gasteiger partial charge in [0.1, 0.15) is 0 Å². The molecular formula is C12H13NO. The molecule has 14 heavy (non-hydrogen) atoms. The second-order valence-corrected chi connectivity index (χ2v) is 3.23. The summed E-state index contributed by atoms with van der Waals surface area (Å²) < 4.78 is 0. The van der Waals surface area contributed by atoms with E-state index < -0.39 is 0 Å². The second-order valence-electron chi connectivity index (χ2n) is 3.23. The Hall–Kier alpha value is -1.54. The van der Waals surface area contributed by atoms with E-state index in [1.165, 1.54) is 10.4 Å². The quantitative estimate of drug-likeness (QED) is 0.706. The van der Waals surface area contributed by atoms with Gasteiger partial charge in [0, 0.05) is 18.9 Å². The van der Waals surface area contributed by atoms with E-state index in [9.17, 15) is 0 Å². The van der Waals surface area contributed by atoms with Gasteiger partial charge in [0.05, 0.1) is 6.61 Å². The van der Waals surface area contributed by atoms with Crippen molar-refractivity contribution in [3.05, 3.63) is 47.0 Å². The number of aliphatic hydroxyl groups is 1. The van der Waals surface area contributed by atoms with Crippen LogP contribution in [0.1, 0.15) is 0 Å². The molecule has 0 atom stereocenters. The highest BCUT2D eigenvalue weighted by molar-refractivity contribution is 5.42. The Balaban J connectivity index is 2.47. The number of benzene rings is 1. The van der Waals surface area contributed by atoms with Crippen LogP contribution in [0.3, 0.4) is 0 Å². The zero-order valence-electron chi connectivity index (χ0n) is 7.93. The first kappa shape index (κ1) is 9.03. The highest BCUT2D eigenvalue weighted by Gasteiger charge is 1.95. The molecule has 0 amide bonds. The molecule has 0 radical (unpaired) electrons. The largest absolute Gasteiger partial charge is 0.395 e. The zero-order valence-corrected chi connectivity index (χ0v) is 7.93. The molecule has 2 heteroatoms. The normalized spacial score (nSPS) is 13.9. The number of rotatable bonds is 2. The Kier molecular flexibility index (Phi) is 2.65. The van der Waals surface area contributed by atoms with Gasteiger partial charge < -0.3 is 10.0 Å². The molecule has 1 N–H and O–H groups in total. The van der Waals surface area contributed by atoms with Gasteiger partial charge in [0.15, 0.2) is 0 Å². The summed E-state index contributed by atoms with van der Waals surface area (Å²) in [7, 11) is 0. The van der Waals surface area contributed by atoms with Crippen LogP contribution in [0.25, 0.3) is 12.3 Å². The smallest absolute Gasteiger partial charge is 0.0610 e. The third-order valence-electron chi connectivity index (χ3n) is 2.21. The average Bonchev–Trinajstić information content (AvgIpc) is 2.40. The highest BCUT2D eigenvalue weighted by atomic mass is 16.3. The molecule has 1 aliphatic heterocycles. The molecule has 0 saturated carbocycles. The van der Waals surface area contributed by atoms with Crippen molar-refractivity contribution in [2.24, 2.45) is 0 Å². The molecule has 0 saturated heterocycles. The summed E-state index contributed by atoms with van der Waals surface area (Å²) in [5, 5.41) is 11.3. The lowest BCUT2D eigenvalue weighted by Crippen LogP contribution is -2.26. The molecule has 0 spiro atoms. The van der Waals surface area contributed by atoms with Crippen LogP contribution in [0, 0.1) is 0 Å². The number of allylic oxidation sites excluding steroid dienone is 1. The maximum atomic E-state index is 8.85. The van der Waals surface area contributed by atoms with Crippen molar-refractivity contribution in [1.29, 1.82) is 0 Å². The summed E-state index contributed by atoms with van der Waals surface area (Å²) in [6, 6.07) is 8.20. The Bertz CT molecular complexity index is 448. The molecule has 1 aromatic rings. The minimum Gasteiger partial charge on any atom is -0.395 e. The van der Waals surface area contributed by atoms with Gasteiger partial charge in [-0.2, -0.15) is 0 Å². The number of fused-ring (bicyclic) bond motifs is 1. The monoisotopic (exact) mass is 187 g/mol. The molecule has 1 aliphatic rings. The van der Waals surface area contributed by atoms with Gasteiger partial charge in [-0.25, -0.2) is 0 Å². The van der Waals surface area contributed by atoms with E-state index in [-0.39, 0.29) is 6.61 Å². The third-order valence-corrected chi connectivity index (χ3v) is 2.21. The van der Waals surface area contributed by atoms with E-state index in [4.69, 9.17) is 5.11 Å². The minimum atomic E-state index is 0.170. The van der Waals surface area contributed by atoms with E-state index in [0.29, 0.717) is 6.54 Å². The summed E-state index contributed by atoms with van der Waals surface area (Å²) in [5.74, 6) is 0. The van der Waals surface area contributed by atoms with Crippen LogP contribution >= 0.6 is 0 Å².